The van der Waals surface area contributed by atoms with E-state index >= 15 is 0 Å². The molecular weight excluding hydrogens is 509 g/mol. The van der Waals surface area contributed by atoms with E-state index in [1.807, 2.05) is 0 Å². The summed E-state index contributed by atoms with van der Waals surface area (Å²) in [5.74, 6) is -6.44. The summed E-state index contributed by atoms with van der Waals surface area (Å²) in [5.41, 5.74) is -0.258. The number of carbonyl (C=O) groups excluding carboxylic acids is 4. The van der Waals surface area contributed by atoms with Crippen LogP contribution in [0.2, 0.25) is 15.5 Å². The predicted molar refractivity (Wildman–Crippen MR) is 155 cm³/mol. The Balaban J connectivity index is 1.58. The van der Waals surface area contributed by atoms with Crippen molar-refractivity contribution in [3.63, 3.8) is 0 Å². The molecule has 0 radical (unpaired) electrons. The molecule has 1 unspecified atom stereocenters. The average Bonchev–Trinajstić information content (AvgIpc) is 3.17. The molecule has 4 rings (SSSR count). The van der Waals surface area contributed by atoms with Crippen LogP contribution < -0.4 is 5.32 Å². The fourth-order valence-electron chi connectivity index (χ4n) is 5.22. The third-order valence-electron chi connectivity index (χ3n) is 8.77. The standard InChI is InChI=1S/C22H24B6ClF2N3O4/c23-20(24)16(36)32-17(37)21(25,22(20,26)27)33-9-11-7-10(1-6-14(11)15(33)35)8-34(28)18(38)19(30,31)12-2-4-13(29)5-3-12/h1-7H,8-9,23-28H2,(H,32,36,37). The minimum atomic E-state index is -3.75. The van der Waals surface area contributed by atoms with E-state index in [-0.39, 0.29) is 24.0 Å². The van der Waals surface area contributed by atoms with Gasteiger partial charge in [-0.2, -0.15) is 8.78 Å². The predicted octanol–water partition coefficient (Wildman–Crippen LogP) is -3.28. The van der Waals surface area contributed by atoms with Gasteiger partial charge in [0, 0.05) is 29.2 Å². The topological polar surface area (TPSA) is 86.8 Å². The van der Waals surface area contributed by atoms with Gasteiger partial charge in [0.15, 0.2) is 0 Å². The zero-order chi connectivity index (χ0) is 28.4. The van der Waals surface area contributed by atoms with Gasteiger partial charge in [0.2, 0.25) is 19.8 Å². The smallest absolute Gasteiger partial charge is 0.348 e. The molecule has 2 aromatic rings. The van der Waals surface area contributed by atoms with Crippen molar-refractivity contribution in [1.29, 1.82) is 0 Å². The molecule has 1 fully saturated rings. The maximum atomic E-state index is 14.9. The molecule has 2 aliphatic rings. The minimum absolute atomic E-state index is 0.0955. The third-order valence-corrected chi connectivity index (χ3v) is 9.02. The molecule has 16 heteroatoms. The van der Waals surface area contributed by atoms with Gasteiger partial charge in [-0.3, -0.25) is 24.5 Å². The zero-order valence-corrected chi connectivity index (χ0v) is 22.9. The lowest BCUT2D eigenvalue weighted by Crippen LogP contribution is -2.75. The summed E-state index contributed by atoms with van der Waals surface area (Å²) in [6.07, 6.45) is 0. The van der Waals surface area contributed by atoms with Crippen molar-refractivity contribution in [3.05, 3.63) is 69.7 Å². The number of carbonyl (C=O) groups is 4. The highest BCUT2D eigenvalue weighted by molar-refractivity contribution is 6.66. The monoisotopic (exact) mass is 533 g/mol. The SMILES string of the molecule is BN(Cc1ccc2c(c1)CN(C1(B)C(=O)NC(=O)C(B)(B)C1(B)B)C2=O)C(=O)C(F)(F)c1ccc(Cl)cc1. The Kier molecular flexibility index (Phi) is 6.70. The maximum Gasteiger partial charge on any atom is 0.348 e. The van der Waals surface area contributed by atoms with Crippen LogP contribution in [0.15, 0.2) is 42.5 Å². The van der Waals surface area contributed by atoms with Crippen LogP contribution in [0.5, 0.6) is 0 Å². The molecule has 2 heterocycles. The first-order chi connectivity index (χ1) is 17.5. The van der Waals surface area contributed by atoms with Crippen LogP contribution in [-0.4, -0.2) is 86.0 Å². The van der Waals surface area contributed by atoms with Crippen LogP contribution in [-0.2, 0) is 33.4 Å². The first-order valence-electron chi connectivity index (χ1n) is 12.2. The van der Waals surface area contributed by atoms with Crippen LogP contribution in [0.3, 0.4) is 0 Å². The number of hydrogen-bond donors (Lipinski definition) is 1. The molecule has 0 aliphatic carbocycles. The first kappa shape index (κ1) is 28.1. The van der Waals surface area contributed by atoms with E-state index in [1.54, 1.807) is 57.4 Å². The lowest BCUT2D eigenvalue weighted by atomic mass is 9.21. The van der Waals surface area contributed by atoms with Crippen molar-refractivity contribution in [3.8, 4) is 0 Å². The summed E-state index contributed by atoms with van der Waals surface area (Å²) in [6.45, 7) is -0.0213. The van der Waals surface area contributed by atoms with Gasteiger partial charge in [0.25, 0.3) is 11.8 Å². The summed E-state index contributed by atoms with van der Waals surface area (Å²) in [5, 5.41) is 0.842. The fraction of sp³-hybridized carbons (Fsp3) is 0.273. The normalized spacial score (nSPS) is 22.1. The van der Waals surface area contributed by atoms with E-state index < -0.39 is 45.1 Å². The van der Waals surface area contributed by atoms with Gasteiger partial charge < -0.3 is 9.71 Å². The van der Waals surface area contributed by atoms with E-state index in [0.717, 1.165) is 16.9 Å². The number of nitrogens with zero attached hydrogens (tertiary/aromatic N) is 2. The molecule has 38 heavy (non-hydrogen) atoms. The minimum Gasteiger partial charge on any atom is -0.384 e. The lowest BCUT2D eigenvalue weighted by molar-refractivity contribution is -0.154. The Labute approximate surface area is 229 Å². The third kappa shape index (κ3) is 4.01. The van der Waals surface area contributed by atoms with Crippen molar-refractivity contribution in [2.75, 3.05) is 0 Å². The van der Waals surface area contributed by atoms with E-state index in [2.05, 4.69) is 5.32 Å². The molecule has 7 nitrogen and oxygen atoms in total. The molecule has 0 spiro atoms. The van der Waals surface area contributed by atoms with Gasteiger partial charge in [-0.05, 0) is 34.5 Å². The Morgan fingerprint density at radius 1 is 1.03 bits per heavy atom. The molecule has 0 aromatic heterocycles. The van der Waals surface area contributed by atoms with Crippen molar-refractivity contribution < 1.29 is 28.0 Å². The van der Waals surface area contributed by atoms with Crippen molar-refractivity contribution in [2.24, 2.45) is 0 Å². The number of piperidine rings is 1. The number of imide groups is 1. The molecular formula is C22H24B6ClF2N3O4. The van der Waals surface area contributed by atoms with Gasteiger partial charge in [-0.1, -0.05) is 41.1 Å². The van der Waals surface area contributed by atoms with Crippen LogP contribution in [0.4, 0.5) is 8.78 Å². The summed E-state index contributed by atoms with van der Waals surface area (Å²) in [6, 6.07) is 9.69. The molecule has 1 saturated heterocycles. The summed E-state index contributed by atoms with van der Waals surface area (Å²) >= 11 is 5.78. The Hall–Kier alpha value is -2.94. The molecule has 190 valence electrons. The average molecular weight is 533 g/mol. The van der Waals surface area contributed by atoms with Crippen molar-refractivity contribution in [2.45, 2.75) is 34.9 Å². The zero-order valence-electron chi connectivity index (χ0n) is 22.1. The van der Waals surface area contributed by atoms with Gasteiger partial charge >= 0.3 is 5.92 Å². The second-order valence-electron chi connectivity index (χ2n) is 11.2. The van der Waals surface area contributed by atoms with E-state index in [4.69, 9.17) is 11.6 Å². The summed E-state index contributed by atoms with van der Waals surface area (Å²) in [4.78, 5) is 54.3. The highest BCUT2D eigenvalue weighted by atomic mass is 35.5. The van der Waals surface area contributed by atoms with E-state index in [0.29, 0.717) is 16.7 Å². The molecule has 4 amide bonds. The van der Waals surface area contributed by atoms with Gasteiger partial charge in [0.1, 0.15) is 39.2 Å². The molecule has 2 aromatic carbocycles. The maximum absolute atomic E-state index is 14.9. The Morgan fingerprint density at radius 2 is 1.63 bits per heavy atom. The van der Waals surface area contributed by atoms with E-state index in [1.165, 1.54) is 25.0 Å². The van der Waals surface area contributed by atoms with Gasteiger partial charge in [-0.25, -0.2) is 0 Å². The summed E-state index contributed by atoms with van der Waals surface area (Å²) < 4.78 is 29.7. The number of rotatable bonds is 5. The second kappa shape index (κ2) is 9.07. The van der Waals surface area contributed by atoms with Crippen LogP contribution in [0, 0.1) is 0 Å². The summed E-state index contributed by atoms with van der Waals surface area (Å²) in [7, 11) is 10.0. The number of benzene rings is 2. The van der Waals surface area contributed by atoms with Crippen LogP contribution in [0.1, 0.15) is 27.0 Å². The Morgan fingerprint density at radius 3 is 2.24 bits per heavy atom. The van der Waals surface area contributed by atoms with Crippen molar-refractivity contribution >= 4 is 82.4 Å². The van der Waals surface area contributed by atoms with Crippen LogP contribution >= 0.6 is 11.6 Å². The van der Waals surface area contributed by atoms with Gasteiger partial charge in [0.05, 0.1) is 5.44 Å². The van der Waals surface area contributed by atoms with Gasteiger partial charge in [-0.15, -0.1) is 0 Å². The molecule has 0 saturated carbocycles. The van der Waals surface area contributed by atoms with Crippen LogP contribution in [0.25, 0.3) is 0 Å². The highest BCUT2D eigenvalue weighted by Crippen LogP contribution is 2.55. The molecule has 2 aliphatic heterocycles. The first-order valence-corrected chi connectivity index (χ1v) is 12.5. The number of nitrogens with one attached hydrogen (secondary N) is 1. The molecule has 1 atom stereocenters. The molecule has 1 N–H and O–H groups in total. The number of amides is 4. The second-order valence-corrected chi connectivity index (χ2v) is 11.7. The van der Waals surface area contributed by atoms with E-state index in [9.17, 15) is 28.0 Å². The van der Waals surface area contributed by atoms with Crippen molar-refractivity contribution in [1.82, 2.24) is 15.0 Å². The molecule has 0 bridgehead atoms. The number of hydrogen-bond acceptors (Lipinski definition) is 4. The fourth-order valence-corrected chi connectivity index (χ4v) is 5.34. The Bertz CT molecular complexity index is 1380. The lowest BCUT2D eigenvalue weighted by Gasteiger charge is -2.59. The highest BCUT2D eigenvalue weighted by Gasteiger charge is 2.64. The quantitative estimate of drug-likeness (QED) is 0.323. The number of fused-ring (bicyclic) bond motifs is 1. The number of halogens is 3. The largest absolute Gasteiger partial charge is 0.384 e. The number of alkyl halides is 2.